The first-order valence-corrected chi connectivity index (χ1v) is 7.43. The van der Waals surface area contributed by atoms with E-state index in [1.54, 1.807) is 6.92 Å². The van der Waals surface area contributed by atoms with Crippen LogP contribution < -0.4 is 5.32 Å². The molecular formula is C18H25NO. The van der Waals surface area contributed by atoms with Crippen molar-refractivity contribution in [3.63, 3.8) is 0 Å². The summed E-state index contributed by atoms with van der Waals surface area (Å²) in [5.74, 6) is 0.549. The summed E-state index contributed by atoms with van der Waals surface area (Å²) in [6.07, 6.45) is 3.32. The smallest absolute Gasteiger partial charge is 0.217 e. The number of hydrogen-bond acceptors (Lipinski definition) is 1. The van der Waals surface area contributed by atoms with Crippen LogP contribution in [0.3, 0.4) is 0 Å². The third kappa shape index (κ3) is 3.30. The number of carbonyl (C=O) groups excluding carboxylic acids is 1. The standard InChI is InChI=1S/C18H25NO/c1-13-10-11-16(18(3,4)19-14(2)20)12-17(13)15-8-6-5-7-9-15/h5-9,16H,10-12H2,1-4H3,(H,19,20). The highest BCUT2D eigenvalue weighted by atomic mass is 16.1. The lowest BCUT2D eigenvalue weighted by atomic mass is 9.73. The number of hydrogen-bond donors (Lipinski definition) is 1. The molecule has 1 atom stereocenters. The minimum Gasteiger partial charge on any atom is -0.351 e. The van der Waals surface area contributed by atoms with Crippen molar-refractivity contribution in [1.29, 1.82) is 0 Å². The topological polar surface area (TPSA) is 29.1 Å². The van der Waals surface area contributed by atoms with Gasteiger partial charge in [0.05, 0.1) is 0 Å². The minimum atomic E-state index is -0.146. The lowest BCUT2D eigenvalue weighted by molar-refractivity contribution is -0.121. The second-order valence-electron chi connectivity index (χ2n) is 6.47. The fourth-order valence-electron chi connectivity index (χ4n) is 3.24. The minimum absolute atomic E-state index is 0.0579. The quantitative estimate of drug-likeness (QED) is 0.878. The number of benzene rings is 1. The van der Waals surface area contributed by atoms with Gasteiger partial charge in [0.1, 0.15) is 0 Å². The van der Waals surface area contributed by atoms with Gasteiger partial charge in [-0.3, -0.25) is 4.79 Å². The van der Waals surface area contributed by atoms with E-state index in [4.69, 9.17) is 0 Å². The molecule has 1 unspecified atom stereocenters. The molecule has 1 aromatic carbocycles. The maximum absolute atomic E-state index is 11.4. The van der Waals surface area contributed by atoms with Crippen LogP contribution in [-0.2, 0) is 4.79 Å². The lowest BCUT2D eigenvalue weighted by Crippen LogP contribution is -2.48. The molecule has 0 heterocycles. The van der Waals surface area contributed by atoms with Crippen molar-refractivity contribution >= 4 is 11.5 Å². The predicted molar refractivity (Wildman–Crippen MR) is 84.3 cm³/mol. The van der Waals surface area contributed by atoms with E-state index in [0.29, 0.717) is 5.92 Å². The zero-order valence-electron chi connectivity index (χ0n) is 13.0. The fourth-order valence-corrected chi connectivity index (χ4v) is 3.24. The van der Waals surface area contributed by atoms with Crippen LogP contribution in [0.25, 0.3) is 5.57 Å². The molecule has 0 radical (unpaired) electrons. The first-order valence-electron chi connectivity index (χ1n) is 7.43. The highest BCUT2D eigenvalue weighted by Gasteiger charge is 2.33. The SMILES string of the molecule is CC(=O)NC(C)(C)C1CCC(C)=C(c2ccccc2)C1. The van der Waals surface area contributed by atoms with E-state index in [1.807, 2.05) is 0 Å². The number of amides is 1. The fraction of sp³-hybridized carbons (Fsp3) is 0.500. The Morgan fingerprint density at radius 2 is 1.90 bits per heavy atom. The Kier molecular flexibility index (Phi) is 4.32. The molecule has 1 amide bonds. The molecule has 1 aliphatic carbocycles. The predicted octanol–water partition coefficient (Wildman–Crippen LogP) is 4.17. The van der Waals surface area contributed by atoms with E-state index in [-0.39, 0.29) is 11.4 Å². The Morgan fingerprint density at radius 3 is 2.50 bits per heavy atom. The maximum atomic E-state index is 11.4. The molecule has 2 rings (SSSR count). The molecular weight excluding hydrogens is 246 g/mol. The molecule has 2 nitrogen and oxygen atoms in total. The van der Waals surface area contributed by atoms with Crippen molar-refractivity contribution in [3.05, 3.63) is 41.5 Å². The highest BCUT2D eigenvalue weighted by Crippen LogP contribution is 2.40. The Morgan fingerprint density at radius 1 is 1.25 bits per heavy atom. The third-order valence-corrected chi connectivity index (χ3v) is 4.47. The highest BCUT2D eigenvalue weighted by molar-refractivity contribution is 5.74. The van der Waals surface area contributed by atoms with Gasteiger partial charge in [-0.1, -0.05) is 35.9 Å². The van der Waals surface area contributed by atoms with E-state index in [0.717, 1.165) is 19.3 Å². The first kappa shape index (κ1) is 14.8. The van der Waals surface area contributed by atoms with Crippen molar-refractivity contribution < 1.29 is 4.79 Å². The first-order chi connectivity index (χ1) is 9.40. The van der Waals surface area contributed by atoms with Gasteiger partial charge in [0, 0.05) is 12.5 Å². The molecule has 20 heavy (non-hydrogen) atoms. The summed E-state index contributed by atoms with van der Waals surface area (Å²) in [4.78, 5) is 11.4. The molecule has 1 aliphatic rings. The van der Waals surface area contributed by atoms with E-state index in [9.17, 15) is 4.79 Å². The van der Waals surface area contributed by atoms with Crippen LogP contribution in [0.4, 0.5) is 0 Å². The van der Waals surface area contributed by atoms with Gasteiger partial charge in [-0.25, -0.2) is 0 Å². The molecule has 1 aromatic rings. The van der Waals surface area contributed by atoms with Crippen molar-refractivity contribution in [2.24, 2.45) is 5.92 Å². The molecule has 0 saturated carbocycles. The Labute approximate surface area is 122 Å². The third-order valence-electron chi connectivity index (χ3n) is 4.47. The molecule has 0 aromatic heterocycles. The summed E-state index contributed by atoms with van der Waals surface area (Å²) in [5.41, 5.74) is 4.13. The van der Waals surface area contributed by atoms with Crippen LogP contribution in [0.5, 0.6) is 0 Å². The summed E-state index contributed by atoms with van der Waals surface area (Å²) >= 11 is 0. The van der Waals surface area contributed by atoms with Gasteiger partial charge in [0.2, 0.25) is 5.91 Å². The molecule has 1 N–H and O–H groups in total. The monoisotopic (exact) mass is 271 g/mol. The van der Waals surface area contributed by atoms with Gasteiger partial charge in [-0.2, -0.15) is 0 Å². The molecule has 0 spiro atoms. The Hall–Kier alpha value is -1.57. The zero-order valence-corrected chi connectivity index (χ0v) is 13.0. The summed E-state index contributed by atoms with van der Waals surface area (Å²) in [6.45, 7) is 8.12. The van der Waals surface area contributed by atoms with Gasteiger partial charge in [-0.05, 0) is 57.1 Å². The van der Waals surface area contributed by atoms with Crippen LogP contribution in [0, 0.1) is 5.92 Å². The second kappa shape index (κ2) is 5.82. The summed E-state index contributed by atoms with van der Waals surface area (Å²) in [6, 6.07) is 10.6. The molecule has 108 valence electrons. The van der Waals surface area contributed by atoms with Gasteiger partial charge < -0.3 is 5.32 Å². The van der Waals surface area contributed by atoms with Gasteiger partial charge in [0.25, 0.3) is 0 Å². The number of allylic oxidation sites excluding steroid dienone is 2. The Balaban J connectivity index is 2.22. The summed E-state index contributed by atoms with van der Waals surface area (Å²) in [7, 11) is 0. The van der Waals surface area contributed by atoms with Gasteiger partial charge in [-0.15, -0.1) is 0 Å². The van der Waals surface area contributed by atoms with Gasteiger partial charge >= 0.3 is 0 Å². The van der Waals surface area contributed by atoms with Crippen LogP contribution >= 0.6 is 0 Å². The van der Waals surface area contributed by atoms with Crippen LogP contribution in [-0.4, -0.2) is 11.4 Å². The normalized spacial score (nSPS) is 19.9. The number of nitrogens with one attached hydrogen (secondary N) is 1. The van der Waals surface area contributed by atoms with E-state index >= 15 is 0 Å². The molecule has 0 fully saturated rings. The van der Waals surface area contributed by atoms with Crippen molar-refractivity contribution in [1.82, 2.24) is 5.32 Å². The average molecular weight is 271 g/mol. The van der Waals surface area contributed by atoms with Crippen LogP contribution in [0.15, 0.2) is 35.9 Å². The van der Waals surface area contributed by atoms with Crippen LogP contribution in [0.2, 0.25) is 0 Å². The second-order valence-corrected chi connectivity index (χ2v) is 6.47. The number of rotatable bonds is 3. The van der Waals surface area contributed by atoms with Crippen molar-refractivity contribution in [2.45, 2.75) is 52.5 Å². The van der Waals surface area contributed by atoms with Crippen molar-refractivity contribution in [3.8, 4) is 0 Å². The lowest BCUT2D eigenvalue weighted by Gasteiger charge is -2.39. The number of carbonyl (C=O) groups is 1. The summed E-state index contributed by atoms with van der Waals surface area (Å²) < 4.78 is 0. The Bertz CT molecular complexity index is 513. The average Bonchev–Trinajstić information content (AvgIpc) is 2.38. The molecule has 0 saturated heterocycles. The zero-order chi connectivity index (χ0) is 14.8. The summed E-state index contributed by atoms with van der Waals surface area (Å²) in [5, 5.41) is 3.11. The molecule has 2 heteroatoms. The van der Waals surface area contributed by atoms with Crippen LogP contribution in [0.1, 0.15) is 52.5 Å². The maximum Gasteiger partial charge on any atom is 0.217 e. The van der Waals surface area contributed by atoms with Gasteiger partial charge in [0.15, 0.2) is 0 Å². The van der Waals surface area contributed by atoms with Crippen molar-refractivity contribution in [2.75, 3.05) is 0 Å². The molecule has 0 bridgehead atoms. The largest absolute Gasteiger partial charge is 0.351 e. The van der Waals surface area contributed by atoms with E-state index < -0.39 is 0 Å². The van der Waals surface area contributed by atoms with E-state index in [2.05, 4.69) is 56.4 Å². The van der Waals surface area contributed by atoms with E-state index in [1.165, 1.54) is 16.7 Å². The molecule has 0 aliphatic heterocycles.